The third kappa shape index (κ3) is 3.70. The standard InChI is InChI=1S/C22H18INO2/c1-3-14-26-22(25)19-18(16-10-6-4-7-11-16)15(2)21(23)24-20(19)17-12-8-5-9-13-17/h3-13H,1,14H2,2H3. The molecular formula is C22H18INO2. The molecule has 0 atom stereocenters. The molecule has 0 spiro atoms. The predicted molar refractivity (Wildman–Crippen MR) is 113 cm³/mol. The van der Waals surface area contributed by atoms with Crippen LogP contribution in [0.15, 0.2) is 73.3 Å². The molecule has 3 nitrogen and oxygen atoms in total. The van der Waals surface area contributed by atoms with Gasteiger partial charge in [-0.25, -0.2) is 9.78 Å². The molecule has 0 unspecified atom stereocenters. The van der Waals surface area contributed by atoms with E-state index < -0.39 is 5.97 Å². The number of esters is 1. The van der Waals surface area contributed by atoms with Gasteiger partial charge in [0.1, 0.15) is 10.3 Å². The summed E-state index contributed by atoms with van der Waals surface area (Å²) < 4.78 is 6.26. The van der Waals surface area contributed by atoms with Gasteiger partial charge >= 0.3 is 5.97 Å². The Balaban J connectivity index is 2.33. The third-order valence-electron chi connectivity index (χ3n) is 4.03. The van der Waals surface area contributed by atoms with Crippen LogP contribution in [0, 0.1) is 10.6 Å². The van der Waals surface area contributed by atoms with E-state index in [0.717, 1.165) is 26.0 Å². The molecule has 1 heterocycles. The highest BCUT2D eigenvalue weighted by atomic mass is 127. The van der Waals surface area contributed by atoms with Gasteiger partial charge in [-0.2, -0.15) is 0 Å². The number of ether oxygens (including phenoxy) is 1. The van der Waals surface area contributed by atoms with Crippen LogP contribution in [-0.4, -0.2) is 17.6 Å². The van der Waals surface area contributed by atoms with Crippen molar-refractivity contribution in [3.63, 3.8) is 0 Å². The summed E-state index contributed by atoms with van der Waals surface area (Å²) in [5, 5.41) is 0. The molecule has 3 rings (SSSR count). The second-order valence-electron chi connectivity index (χ2n) is 5.75. The fourth-order valence-electron chi connectivity index (χ4n) is 2.82. The molecule has 0 saturated carbocycles. The summed E-state index contributed by atoms with van der Waals surface area (Å²) >= 11 is 2.22. The largest absolute Gasteiger partial charge is 0.458 e. The second kappa shape index (κ2) is 8.27. The maximum atomic E-state index is 12.9. The van der Waals surface area contributed by atoms with Crippen molar-refractivity contribution in [1.82, 2.24) is 4.98 Å². The lowest BCUT2D eigenvalue weighted by atomic mass is 9.93. The number of pyridine rings is 1. The number of nitrogens with zero attached hydrogens (tertiary/aromatic N) is 1. The quantitative estimate of drug-likeness (QED) is 0.215. The smallest absolute Gasteiger partial charge is 0.341 e. The number of aromatic nitrogens is 1. The number of rotatable bonds is 5. The highest BCUT2D eigenvalue weighted by Crippen LogP contribution is 2.36. The van der Waals surface area contributed by atoms with Gasteiger partial charge in [0.05, 0.1) is 11.3 Å². The van der Waals surface area contributed by atoms with Crippen molar-refractivity contribution in [2.45, 2.75) is 6.92 Å². The zero-order valence-electron chi connectivity index (χ0n) is 14.4. The summed E-state index contributed by atoms with van der Waals surface area (Å²) in [6.07, 6.45) is 1.56. The van der Waals surface area contributed by atoms with Crippen molar-refractivity contribution < 1.29 is 9.53 Å². The third-order valence-corrected chi connectivity index (χ3v) is 5.08. The van der Waals surface area contributed by atoms with Crippen molar-refractivity contribution in [3.05, 3.63) is 88.1 Å². The van der Waals surface area contributed by atoms with Gasteiger partial charge in [-0.15, -0.1) is 0 Å². The topological polar surface area (TPSA) is 39.2 Å². The highest BCUT2D eigenvalue weighted by molar-refractivity contribution is 14.1. The molecule has 3 aromatic rings. The summed E-state index contributed by atoms with van der Waals surface area (Å²) in [6, 6.07) is 19.6. The first kappa shape index (κ1) is 18.3. The minimum atomic E-state index is -0.394. The van der Waals surface area contributed by atoms with Crippen LogP contribution < -0.4 is 0 Å². The maximum Gasteiger partial charge on any atom is 0.341 e. The summed E-state index contributed by atoms with van der Waals surface area (Å²) in [6.45, 7) is 5.77. The Hall–Kier alpha value is -2.47. The predicted octanol–water partition coefficient (Wildman–Crippen LogP) is 5.67. The zero-order chi connectivity index (χ0) is 18.5. The average Bonchev–Trinajstić information content (AvgIpc) is 2.69. The number of benzene rings is 2. The molecule has 4 heteroatoms. The first-order valence-corrected chi connectivity index (χ1v) is 9.30. The van der Waals surface area contributed by atoms with Crippen LogP contribution in [0.2, 0.25) is 0 Å². The van der Waals surface area contributed by atoms with E-state index in [1.165, 1.54) is 0 Å². The molecular weight excluding hydrogens is 437 g/mol. The Labute approximate surface area is 166 Å². The van der Waals surface area contributed by atoms with Crippen LogP contribution in [0.4, 0.5) is 0 Å². The van der Waals surface area contributed by atoms with E-state index in [4.69, 9.17) is 9.72 Å². The number of carbonyl (C=O) groups is 1. The van der Waals surface area contributed by atoms with Gasteiger partial charge in [-0.3, -0.25) is 0 Å². The van der Waals surface area contributed by atoms with Crippen LogP contribution in [0.1, 0.15) is 15.9 Å². The summed E-state index contributed by atoms with van der Waals surface area (Å²) in [5.74, 6) is -0.394. The van der Waals surface area contributed by atoms with Crippen molar-refractivity contribution in [2.75, 3.05) is 6.61 Å². The van der Waals surface area contributed by atoms with E-state index in [1.54, 1.807) is 6.08 Å². The van der Waals surface area contributed by atoms with Gasteiger partial charge in [0, 0.05) is 11.1 Å². The van der Waals surface area contributed by atoms with Crippen LogP contribution in [0.5, 0.6) is 0 Å². The Morgan fingerprint density at radius 3 is 2.23 bits per heavy atom. The Morgan fingerprint density at radius 2 is 1.65 bits per heavy atom. The minimum Gasteiger partial charge on any atom is -0.458 e. The Bertz CT molecular complexity index is 937. The SMILES string of the molecule is C=CCOC(=O)c1c(-c2ccccc2)nc(I)c(C)c1-c1ccccc1. The van der Waals surface area contributed by atoms with Gasteiger partial charge in [-0.05, 0) is 40.6 Å². The fraction of sp³-hybridized carbons (Fsp3) is 0.0909. The molecule has 0 N–H and O–H groups in total. The number of halogens is 1. The van der Waals surface area contributed by atoms with Gasteiger partial charge in [0.15, 0.2) is 0 Å². The summed E-state index contributed by atoms with van der Waals surface area (Å²) in [4.78, 5) is 17.7. The lowest BCUT2D eigenvalue weighted by Gasteiger charge is -2.17. The first-order chi connectivity index (χ1) is 12.6. The van der Waals surface area contributed by atoms with Gasteiger partial charge < -0.3 is 4.74 Å². The minimum absolute atomic E-state index is 0.159. The van der Waals surface area contributed by atoms with Gasteiger partial charge in [0.25, 0.3) is 0 Å². The zero-order valence-corrected chi connectivity index (χ0v) is 16.6. The van der Waals surface area contributed by atoms with E-state index in [1.807, 2.05) is 67.6 Å². The second-order valence-corrected chi connectivity index (χ2v) is 6.77. The monoisotopic (exact) mass is 455 g/mol. The molecule has 0 aliphatic heterocycles. The molecule has 0 saturated heterocycles. The fourth-order valence-corrected chi connectivity index (χ4v) is 3.33. The molecule has 2 aromatic carbocycles. The van der Waals surface area contributed by atoms with Crippen LogP contribution in [0.25, 0.3) is 22.4 Å². The van der Waals surface area contributed by atoms with Gasteiger partial charge in [0.2, 0.25) is 0 Å². The summed E-state index contributed by atoms with van der Waals surface area (Å²) in [7, 11) is 0. The van der Waals surface area contributed by atoms with Crippen LogP contribution in [0.3, 0.4) is 0 Å². The number of hydrogen-bond acceptors (Lipinski definition) is 3. The molecule has 0 radical (unpaired) electrons. The van der Waals surface area contributed by atoms with Crippen molar-refractivity contribution in [3.8, 4) is 22.4 Å². The lowest BCUT2D eigenvalue weighted by molar-refractivity contribution is 0.0551. The molecule has 1 aromatic heterocycles. The molecule has 0 fully saturated rings. The van der Waals surface area contributed by atoms with E-state index in [2.05, 4.69) is 29.2 Å². The van der Waals surface area contributed by atoms with E-state index in [9.17, 15) is 4.79 Å². The molecule has 130 valence electrons. The molecule has 0 aliphatic rings. The summed E-state index contributed by atoms with van der Waals surface area (Å²) in [5.41, 5.74) is 4.79. The van der Waals surface area contributed by atoms with Crippen LogP contribution in [-0.2, 0) is 4.74 Å². The maximum absolute atomic E-state index is 12.9. The molecule has 0 bridgehead atoms. The van der Waals surface area contributed by atoms with E-state index in [-0.39, 0.29) is 6.61 Å². The molecule has 26 heavy (non-hydrogen) atoms. The van der Waals surface area contributed by atoms with Crippen molar-refractivity contribution in [2.24, 2.45) is 0 Å². The first-order valence-electron chi connectivity index (χ1n) is 8.22. The van der Waals surface area contributed by atoms with E-state index in [0.29, 0.717) is 11.3 Å². The molecule has 0 amide bonds. The van der Waals surface area contributed by atoms with Crippen molar-refractivity contribution in [1.29, 1.82) is 0 Å². The van der Waals surface area contributed by atoms with Crippen molar-refractivity contribution >= 4 is 28.6 Å². The molecule has 0 aliphatic carbocycles. The Kier molecular flexibility index (Phi) is 5.83. The normalized spacial score (nSPS) is 10.4. The average molecular weight is 455 g/mol. The number of hydrogen-bond donors (Lipinski definition) is 0. The lowest BCUT2D eigenvalue weighted by Crippen LogP contribution is -2.12. The highest BCUT2D eigenvalue weighted by Gasteiger charge is 2.24. The Morgan fingerprint density at radius 1 is 1.08 bits per heavy atom. The van der Waals surface area contributed by atoms with Gasteiger partial charge in [-0.1, -0.05) is 73.3 Å². The number of carbonyl (C=O) groups excluding carboxylic acids is 1. The van der Waals surface area contributed by atoms with E-state index >= 15 is 0 Å². The van der Waals surface area contributed by atoms with Crippen LogP contribution >= 0.6 is 22.6 Å².